The fourth-order valence-electron chi connectivity index (χ4n) is 2.19. The van der Waals surface area contributed by atoms with Crippen LogP contribution in [-0.4, -0.2) is 40.9 Å². The Balaban J connectivity index is 2.21. The number of aromatic nitrogens is 1. The Morgan fingerprint density at radius 2 is 2.22 bits per heavy atom. The van der Waals surface area contributed by atoms with Crippen molar-refractivity contribution in [2.24, 2.45) is 0 Å². The molecule has 1 N–H and O–H groups in total. The molecule has 1 aliphatic rings. The average Bonchev–Trinajstić information content (AvgIpc) is 2.56. The number of ether oxygens (including phenoxy) is 1. The van der Waals surface area contributed by atoms with Crippen molar-refractivity contribution in [2.45, 2.75) is 25.8 Å². The number of nitrogens with zero attached hydrogens (tertiary/aromatic N) is 1. The van der Waals surface area contributed by atoms with Gasteiger partial charge in [-0.15, -0.1) is 0 Å². The summed E-state index contributed by atoms with van der Waals surface area (Å²) in [6.07, 6.45) is 4.95. The highest BCUT2D eigenvalue weighted by atomic mass is 35.5. The monoisotopic (exact) mass is 354 g/mol. The summed E-state index contributed by atoms with van der Waals surface area (Å²) in [5.41, 5.74) is 0.134. The Kier molecular flexibility index (Phi) is 6.92. The third-order valence-corrected chi connectivity index (χ3v) is 4.78. The minimum absolute atomic E-state index is 0.0556. The van der Waals surface area contributed by atoms with Crippen LogP contribution in [0.3, 0.4) is 0 Å². The molecule has 124 valence electrons. The lowest BCUT2D eigenvalue weighted by atomic mass is 10.1. The predicted molar refractivity (Wildman–Crippen MR) is 91.8 cm³/mol. The number of ketones is 1. The number of halogens is 1. The first-order chi connectivity index (χ1) is 11.1. The molecule has 0 aromatic carbocycles. The molecule has 1 aromatic heterocycles. The summed E-state index contributed by atoms with van der Waals surface area (Å²) in [5.74, 6) is 1.000. The lowest BCUT2D eigenvalue weighted by Crippen LogP contribution is -2.30. The zero-order valence-electron chi connectivity index (χ0n) is 12.9. The summed E-state index contributed by atoms with van der Waals surface area (Å²) >= 11 is 7.87. The van der Waals surface area contributed by atoms with Crippen LogP contribution in [0.25, 0.3) is 0 Å². The minimum Gasteiger partial charge on any atom is -0.462 e. The lowest BCUT2D eigenvalue weighted by molar-refractivity contribution is -0.138. The molecule has 1 aliphatic heterocycles. The fraction of sp³-hybridized carbons (Fsp3) is 0.438. The second-order valence-corrected chi connectivity index (χ2v) is 6.59. The molecule has 0 amide bonds. The van der Waals surface area contributed by atoms with E-state index in [2.05, 4.69) is 10.3 Å². The van der Waals surface area contributed by atoms with Crippen molar-refractivity contribution in [2.75, 3.05) is 18.1 Å². The molecule has 0 atom stereocenters. The smallest absolute Gasteiger partial charge is 0.343 e. The van der Waals surface area contributed by atoms with Gasteiger partial charge in [0.05, 0.1) is 12.2 Å². The van der Waals surface area contributed by atoms with Gasteiger partial charge in [0, 0.05) is 18.4 Å². The Labute approximate surface area is 144 Å². The zero-order valence-corrected chi connectivity index (χ0v) is 14.5. The largest absolute Gasteiger partial charge is 0.462 e. The van der Waals surface area contributed by atoms with Gasteiger partial charge in [-0.2, -0.15) is 11.8 Å². The molecule has 1 fully saturated rings. The highest BCUT2D eigenvalue weighted by Crippen LogP contribution is 2.19. The highest BCUT2D eigenvalue weighted by molar-refractivity contribution is 7.99. The van der Waals surface area contributed by atoms with E-state index in [1.54, 1.807) is 19.1 Å². The van der Waals surface area contributed by atoms with Gasteiger partial charge in [0.15, 0.2) is 0 Å². The summed E-state index contributed by atoms with van der Waals surface area (Å²) in [6, 6.07) is 3.41. The van der Waals surface area contributed by atoms with Crippen molar-refractivity contribution in [3.63, 3.8) is 0 Å². The number of rotatable bonds is 6. The molecule has 0 unspecified atom stereocenters. The molecule has 2 heterocycles. The maximum Gasteiger partial charge on any atom is 0.343 e. The second kappa shape index (κ2) is 8.93. The molecule has 0 saturated carbocycles. The number of hydrogen-bond donors (Lipinski definition) is 1. The summed E-state index contributed by atoms with van der Waals surface area (Å²) in [6.45, 7) is 1.90. The molecule has 7 heteroatoms. The van der Waals surface area contributed by atoms with Crippen LogP contribution in [0.1, 0.15) is 30.1 Å². The van der Waals surface area contributed by atoms with Crippen LogP contribution in [0.4, 0.5) is 0 Å². The molecule has 1 aromatic rings. The average molecular weight is 355 g/mol. The van der Waals surface area contributed by atoms with E-state index in [-0.39, 0.29) is 28.9 Å². The number of nitrogens with one attached hydrogen (secondary N) is 1. The Morgan fingerprint density at radius 3 is 2.87 bits per heavy atom. The number of hydrogen-bond acceptors (Lipinski definition) is 6. The number of esters is 1. The summed E-state index contributed by atoms with van der Waals surface area (Å²) in [5, 5.41) is 3.24. The Hall–Kier alpha value is -1.53. The Morgan fingerprint density at radius 1 is 1.48 bits per heavy atom. The third-order valence-electron chi connectivity index (χ3n) is 3.43. The van der Waals surface area contributed by atoms with E-state index in [0.29, 0.717) is 0 Å². The topological polar surface area (TPSA) is 68.3 Å². The van der Waals surface area contributed by atoms with Gasteiger partial charge in [0.2, 0.25) is 5.78 Å². The summed E-state index contributed by atoms with van der Waals surface area (Å²) < 4.78 is 4.99. The maximum atomic E-state index is 12.6. The van der Waals surface area contributed by atoms with Crippen LogP contribution in [0.5, 0.6) is 0 Å². The molecular formula is C16H19ClN2O3S. The van der Waals surface area contributed by atoms with Crippen molar-refractivity contribution in [3.05, 3.63) is 40.8 Å². The number of pyridine rings is 1. The van der Waals surface area contributed by atoms with Gasteiger partial charge < -0.3 is 10.1 Å². The SMILES string of the molecule is CCOC(=O)C(=CNC1CCSCC1)C(=O)c1cccnc1Cl. The first-order valence-electron chi connectivity index (χ1n) is 7.49. The van der Waals surface area contributed by atoms with Crippen molar-refractivity contribution < 1.29 is 14.3 Å². The first-order valence-corrected chi connectivity index (χ1v) is 9.03. The quantitative estimate of drug-likeness (QED) is 0.211. The fourth-order valence-corrected chi connectivity index (χ4v) is 3.50. The standard InChI is InChI=1S/C16H19ClN2O3S/c1-2-22-16(21)13(10-19-11-5-8-23-9-6-11)14(20)12-4-3-7-18-15(12)17/h3-4,7,10-11,19H,2,5-6,8-9H2,1H3. The van der Waals surface area contributed by atoms with E-state index >= 15 is 0 Å². The van der Waals surface area contributed by atoms with Gasteiger partial charge in [0.25, 0.3) is 0 Å². The molecule has 0 spiro atoms. The van der Waals surface area contributed by atoms with Crippen LogP contribution in [-0.2, 0) is 9.53 Å². The number of carbonyl (C=O) groups is 2. The lowest BCUT2D eigenvalue weighted by Gasteiger charge is -2.22. The van der Waals surface area contributed by atoms with Crippen LogP contribution in [0, 0.1) is 0 Å². The molecule has 5 nitrogen and oxygen atoms in total. The molecule has 23 heavy (non-hydrogen) atoms. The molecular weight excluding hydrogens is 336 g/mol. The maximum absolute atomic E-state index is 12.6. The van der Waals surface area contributed by atoms with Gasteiger partial charge in [-0.3, -0.25) is 4.79 Å². The Bertz CT molecular complexity index is 601. The van der Waals surface area contributed by atoms with Gasteiger partial charge in [0.1, 0.15) is 10.7 Å². The van der Waals surface area contributed by atoms with E-state index in [1.165, 1.54) is 12.4 Å². The predicted octanol–water partition coefficient (Wildman–Crippen LogP) is 2.85. The molecule has 2 rings (SSSR count). The molecule has 0 bridgehead atoms. The van der Waals surface area contributed by atoms with Gasteiger partial charge in [-0.05, 0) is 43.4 Å². The number of Topliss-reactive ketones (excluding diaryl/α,β-unsaturated/α-hetero) is 1. The van der Waals surface area contributed by atoms with Gasteiger partial charge in [-0.25, -0.2) is 9.78 Å². The highest BCUT2D eigenvalue weighted by Gasteiger charge is 2.24. The normalized spacial score (nSPS) is 16.0. The van der Waals surface area contributed by atoms with Crippen molar-refractivity contribution in [3.8, 4) is 0 Å². The van der Waals surface area contributed by atoms with Gasteiger partial charge in [-0.1, -0.05) is 11.6 Å². The zero-order chi connectivity index (χ0) is 16.7. The van der Waals surface area contributed by atoms with Crippen molar-refractivity contribution in [1.29, 1.82) is 0 Å². The first kappa shape index (κ1) is 17.8. The third kappa shape index (κ3) is 4.97. The number of carbonyl (C=O) groups excluding carboxylic acids is 2. The van der Waals surface area contributed by atoms with Crippen LogP contribution in [0.15, 0.2) is 30.1 Å². The van der Waals surface area contributed by atoms with Crippen molar-refractivity contribution in [1.82, 2.24) is 10.3 Å². The summed E-state index contributed by atoms with van der Waals surface area (Å²) in [4.78, 5) is 28.6. The van der Waals surface area contributed by atoms with E-state index in [1.807, 2.05) is 11.8 Å². The van der Waals surface area contributed by atoms with E-state index in [4.69, 9.17) is 16.3 Å². The molecule has 0 radical (unpaired) electrons. The second-order valence-electron chi connectivity index (χ2n) is 5.00. The number of thioether (sulfide) groups is 1. The minimum atomic E-state index is -0.657. The molecule has 1 saturated heterocycles. The molecule has 0 aliphatic carbocycles. The van der Waals surface area contributed by atoms with E-state index < -0.39 is 11.8 Å². The van der Waals surface area contributed by atoms with E-state index in [9.17, 15) is 9.59 Å². The van der Waals surface area contributed by atoms with Gasteiger partial charge >= 0.3 is 5.97 Å². The van der Waals surface area contributed by atoms with E-state index in [0.717, 1.165) is 24.3 Å². The van der Waals surface area contributed by atoms with Crippen molar-refractivity contribution >= 4 is 35.1 Å². The van der Waals surface area contributed by atoms with Crippen LogP contribution in [0.2, 0.25) is 5.15 Å². The van der Waals surface area contributed by atoms with Crippen LogP contribution >= 0.6 is 23.4 Å². The van der Waals surface area contributed by atoms with Crippen LogP contribution < -0.4 is 5.32 Å². The summed E-state index contributed by atoms with van der Waals surface area (Å²) in [7, 11) is 0.